The fourth-order valence-corrected chi connectivity index (χ4v) is 4.89. The molecule has 0 radical (unpaired) electrons. The maximum Gasteiger partial charge on any atom is 0.329 e. The van der Waals surface area contributed by atoms with Crippen LogP contribution in [0.15, 0.2) is 54.6 Å². The van der Waals surface area contributed by atoms with Gasteiger partial charge in [-0.15, -0.1) is 0 Å². The summed E-state index contributed by atoms with van der Waals surface area (Å²) >= 11 is 0. The van der Waals surface area contributed by atoms with E-state index in [0.717, 1.165) is 37.9 Å². The van der Waals surface area contributed by atoms with Gasteiger partial charge in [-0.05, 0) is 63.0 Å². The zero-order chi connectivity index (χ0) is 22.5. The van der Waals surface area contributed by atoms with Crippen LogP contribution in [0.25, 0.3) is 22.4 Å². The Morgan fingerprint density at radius 2 is 1.69 bits per heavy atom. The summed E-state index contributed by atoms with van der Waals surface area (Å²) in [6.45, 7) is 5.49. The van der Waals surface area contributed by atoms with Crippen LogP contribution in [-0.2, 0) is 16.1 Å². The van der Waals surface area contributed by atoms with E-state index in [4.69, 9.17) is 14.9 Å². The molecule has 0 unspecified atom stereocenters. The zero-order valence-corrected chi connectivity index (χ0v) is 19.0. The topological polar surface area (TPSA) is 64.4 Å². The molecule has 1 N–H and O–H groups in total. The van der Waals surface area contributed by atoms with Crippen molar-refractivity contribution in [3.63, 3.8) is 0 Å². The molecule has 0 aliphatic heterocycles. The second-order valence-corrected chi connectivity index (χ2v) is 9.02. The Morgan fingerprint density at radius 1 is 1.00 bits per heavy atom. The largest absolute Gasteiger partial charge is 0.480 e. The number of nitrogens with zero attached hydrogens (tertiary/aromatic N) is 2. The molecule has 0 saturated heterocycles. The van der Waals surface area contributed by atoms with Crippen LogP contribution in [-0.4, -0.2) is 34.1 Å². The molecule has 1 saturated carbocycles. The van der Waals surface area contributed by atoms with Gasteiger partial charge in [-0.1, -0.05) is 54.1 Å². The summed E-state index contributed by atoms with van der Waals surface area (Å²) in [4.78, 5) is 10.7. The summed E-state index contributed by atoms with van der Waals surface area (Å²) in [6.07, 6.45) is 4.40. The zero-order valence-electron chi connectivity index (χ0n) is 19.0. The van der Waals surface area contributed by atoms with Gasteiger partial charge in [0.1, 0.15) is 6.61 Å². The maximum absolute atomic E-state index is 10.7. The van der Waals surface area contributed by atoms with Gasteiger partial charge in [0.2, 0.25) is 0 Å². The molecule has 1 fully saturated rings. The lowest BCUT2D eigenvalue weighted by Crippen LogP contribution is -2.23. The molecular weight excluding hydrogens is 400 g/mol. The van der Waals surface area contributed by atoms with Crippen LogP contribution in [0, 0.1) is 25.7 Å². The first-order chi connectivity index (χ1) is 15.5. The fraction of sp³-hybridized carbons (Fsp3) is 0.407. The van der Waals surface area contributed by atoms with E-state index in [1.54, 1.807) is 0 Å². The fourth-order valence-electron chi connectivity index (χ4n) is 4.89. The molecule has 1 heterocycles. The summed E-state index contributed by atoms with van der Waals surface area (Å²) in [5, 5.41) is 13.8. The molecule has 0 amide bonds. The highest BCUT2D eigenvalue weighted by Crippen LogP contribution is 2.37. The minimum absolute atomic E-state index is 0.200. The van der Waals surface area contributed by atoms with E-state index in [0.29, 0.717) is 18.4 Å². The van der Waals surface area contributed by atoms with Gasteiger partial charge in [-0.25, -0.2) is 4.79 Å². The second-order valence-electron chi connectivity index (χ2n) is 9.02. The minimum atomic E-state index is -0.898. The van der Waals surface area contributed by atoms with Crippen molar-refractivity contribution in [3.8, 4) is 22.4 Å². The van der Waals surface area contributed by atoms with E-state index in [2.05, 4.69) is 67.1 Å². The summed E-state index contributed by atoms with van der Waals surface area (Å²) in [5.74, 6) is 0.129. The van der Waals surface area contributed by atoms with Gasteiger partial charge >= 0.3 is 5.97 Å². The lowest BCUT2D eigenvalue weighted by atomic mass is 9.82. The van der Waals surface area contributed by atoms with Crippen LogP contribution in [0.2, 0.25) is 0 Å². The van der Waals surface area contributed by atoms with E-state index < -0.39 is 5.97 Å². The first kappa shape index (κ1) is 22.3. The van der Waals surface area contributed by atoms with Gasteiger partial charge in [0.15, 0.2) is 0 Å². The van der Waals surface area contributed by atoms with Crippen molar-refractivity contribution >= 4 is 5.97 Å². The summed E-state index contributed by atoms with van der Waals surface area (Å²) < 4.78 is 7.55. The predicted octanol–water partition coefficient (Wildman–Crippen LogP) is 5.74. The Balaban J connectivity index is 1.55. The molecule has 4 rings (SSSR count). The van der Waals surface area contributed by atoms with Crippen molar-refractivity contribution in [1.82, 2.24) is 9.78 Å². The quantitative estimate of drug-likeness (QED) is 0.493. The first-order valence-electron chi connectivity index (χ1n) is 11.5. The van der Waals surface area contributed by atoms with Gasteiger partial charge in [0, 0.05) is 17.7 Å². The standard InChI is InChI=1S/C27H32N2O3/c1-19-7-6-10-24(15-19)27-26(23-8-4-3-5-9-23)20(2)28-29(27)16-21-11-13-22(14-12-21)17-32-18-25(30)31/h3-10,15,21-22H,11-14,16-18H2,1-2H3,(H,30,31)/t21-,22-. The molecule has 5 nitrogen and oxygen atoms in total. The van der Waals surface area contributed by atoms with Crippen molar-refractivity contribution in [2.75, 3.05) is 13.2 Å². The monoisotopic (exact) mass is 432 g/mol. The van der Waals surface area contributed by atoms with Crippen LogP contribution < -0.4 is 0 Å². The van der Waals surface area contributed by atoms with Crippen LogP contribution in [0.4, 0.5) is 0 Å². The maximum atomic E-state index is 10.7. The molecule has 5 heteroatoms. The number of aliphatic carboxylic acids is 1. The molecule has 0 spiro atoms. The number of hydrogen-bond donors (Lipinski definition) is 1. The summed E-state index contributed by atoms with van der Waals surface area (Å²) in [7, 11) is 0. The lowest BCUT2D eigenvalue weighted by molar-refractivity contribution is -0.142. The number of benzene rings is 2. The SMILES string of the molecule is Cc1cccc(-c2c(-c3ccccc3)c(C)nn2C[C@H]2CC[C@H](COCC(=O)O)CC2)c1. The average Bonchev–Trinajstić information content (AvgIpc) is 3.11. The Kier molecular flexibility index (Phi) is 7.05. The molecular formula is C27H32N2O3. The number of aryl methyl sites for hydroxylation is 2. The Bertz CT molecular complexity index is 1050. The van der Waals surface area contributed by atoms with Crippen molar-refractivity contribution in [3.05, 3.63) is 65.9 Å². The van der Waals surface area contributed by atoms with Crippen molar-refractivity contribution < 1.29 is 14.6 Å². The van der Waals surface area contributed by atoms with Crippen molar-refractivity contribution in [2.24, 2.45) is 11.8 Å². The highest BCUT2D eigenvalue weighted by atomic mass is 16.5. The third-order valence-electron chi connectivity index (χ3n) is 6.46. The highest BCUT2D eigenvalue weighted by molar-refractivity contribution is 5.83. The molecule has 1 aliphatic rings. The number of carbonyl (C=O) groups is 1. The molecule has 0 atom stereocenters. The molecule has 1 aromatic heterocycles. The molecule has 3 aromatic rings. The third-order valence-corrected chi connectivity index (χ3v) is 6.46. The lowest BCUT2D eigenvalue weighted by Gasteiger charge is -2.28. The van der Waals surface area contributed by atoms with Crippen molar-refractivity contribution in [2.45, 2.75) is 46.1 Å². The second kappa shape index (κ2) is 10.1. The van der Waals surface area contributed by atoms with Gasteiger partial charge in [0.25, 0.3) is 0 Å². The third kappa shape index (κ3) is 5.28. The Hall–Kier alpha value is -2.92. The number of carboxylic acids is 1. The average molecular weight is 433 g/mol. The van der Waals surface area contributed by atoms with Gasteiger partial charge in [-0.2, -0.15) is 5.10 Å². The van der Waals surface area contributed by atoms with E-state index in [9.17, 15) is 4.79 Å². The van der Waals surface area contributed by atoms with E-state index in [-0.39, 0.29) is 6.61 Å². The first-order valence-corrected chi connectivity index (χ1v) is 11.5. The van der Waals surface area contributed by atoms with Crippen LogP contribution >= 0.6 is 0 Å². The van der Waals surface area contributed by atoms with Crippen LogP contribution in [0.3, 0.4) is 0 Å². The summed E-state index contributed by atoms with van der Waals surface area (Å²) in [5.41, 5.74) is 7.13. The normalized spacial score (nSPS) is 18.6. The number of aromatic nitrogens is 2. The molecule has 0 bridgehead atoms. The Labute approximate surface area is 190 Å². The smallest absolute Gasteiger partial charge is 0.329 e. The van der Waals surface area contributed by atoms with Crippen molar-refractivity contribution in [1.29, 1.82) is 0 Å². The number of ether oxygens (including phenoxy) is 1. The molecule has 1 aliphatic carbocycles. The van der Waals surface area contributed by atoms with E-state index >= 15 is 0 Å². The van der Waals surface area contributed by atoms with Crippen LogP contribution in [0.1, 0.15) is 36.9 Å². The van der Waals surface area contributed by atoms with Gasteiger partial charge in [0.05, 0.1) is 18.0 Å². The highest BCUT2D eigenvalue weighted by Gasteiger charge is 2.25. The molecule has 2 aromatic carbocycles. The number of carboxylic acid groups (broad SMARTS) is 1. The molecule has 32 heavy (non-hydrogen) atoms. The van der Waals surface area contributed by atoms with Gasteiger partial charge in [-0.3, -0.25) is 4.68 Å². The summed E-state index contributed by atoms with van der Waals surface area (Å²) in [6, 6.07) is 19.2. The minimum Gasteiger partial charge on any atom is -0.480 e. The van der Waals surface area contributed by atoms with Crippen LogP contribution in [0.5, 0.6) is 0 Å². The number of hydrogen-bond acceptors (Lipinski definition) is 3. The van der Waals surface area contributed by atoms with E-state index in [1.807, 2.05) is 6.07 Å². The van der Waals surface area contributed by atoms with Gasteiger partial charge < -0.3 is 9.84 Å². The molecule has 168 valence electrons. The van der Waals surface area contributed by atoms with E-state index in [1.165, 1.54) is 27.9 Å². The predicted molar refractivity (Wildman–Crippen MR) is 126 cm³/mol. The Morgan fingerprint density at radius 3 is 2.38 bits per heavy atom. The number of rotatable bonds is 8.